The highest BCUT2D eigenvalue weighted by atomic mass is 16.4. The molecule has 5 nitrogen and oxygen atoms in total. The lowest BCUT2D eigenvalue weighted by Gasteiger charge is -2.03. The van der Waals surface area contributed by atoms with Gasteiger partial charge in [-0.1, -0.05) is 6.92 Å². The standard InChI is InChI=1S/C8H16N2O3/c1-2-9-5-6-10-7(11)3-4-8(12)13/h9H,2-6H2,1H3,(H,10,11)(H,12,13). The fourth-order valence-electron chi connectivity index (χ4n) is 0.776. The molecule has 3 N–H and O–H groups in total. The number of carbonyl (C=O) groups excluding carboxylic acids is 1. The van der Waals surface area contributed by atoms with Crippen LogP contribution in [0.2, 0.25) is 0 Å². The van der Waals surface area contributed by atoms with Crippen molar-refractivity contribution in [2.75, 3.05) is 19.6 Å². The van der Waals surface area contributed by atoms with Crippen LogP contribution in [-0.4, -0.2) is 36.6 Å². The topological polar surface area (TPSA) is 78.4 Å². The lowest BCUT2D eigenvalue weighted by Crippen LogP contribution is -2.31. The predicted octanol–water partition coefficient (Wildman–Crippen LogP) is -0.423. The minimum Gasteiger partial charge on any atom is -0.481 e. The van der Waals surface area contributed by atoms with Crippen molar-refractivity contribution < 1.29 is 14.7 Å². The van der Waals surface area contributed by atoms with Crippen LogP contribution >= 0.6 is 0 Å². The molecule has 0 saturated carbocycles. The molecule has 0 bridgehead atoms. The Labute approximate surface area is 77.5 Å². The fourth-order valence-corrected chi connectivity index (χ4v) is 0.776. The summed E-state index contributed by atoms with van der Waals surface area (Å²) in [6, 6.07) is 0. The first kappa shape index (κ1) is 11.9. The highest BCUT2D eigenvalue weighted by molar-refractivity contribution is 5.80. The smallest absolute Gasteiger partial charge is 0.303 e. The van der Waals surface area contributed by atoms with E-state index in [0.717, 1.165) is 13.1 Å². The largest absolute Gasteiger partial charge is 0.481 e. The Morgan fingerprint density at radius 2 is 1.92 bits per heavy atom. The average Bonchev–Trinajstić information content (AvgIpc) is 2.09. The normalized spacial score (nSPS) is 9.62. The lowest BCUT2D eigenvalue weighted by molar-refractivity contribution is -0.138. The van der Waals surface area contributed by atoms with Gasteiger partial charge in [-0.25, -0.2) is 0 Å². The van der Waals surface area contributed by atoms with Gasteiger partial charge in [-0.05, 0) is 6.54 Å². The first-order valence-electron chi connectivity index (χ1n) is 4.36. The molecule has 0 aromatic heterocycles. The van der Waals surface area contributed by atoms with Gasteiger partial charge in [0.25, 0.3) is 0 Å². The van der Waals surface area contributed by atoms with Gasteiger partial charge in [0.05, 0.1) is 6.42 Å². The third-order valence-corrected chi connectivity index (χ3v) is 1.44. The molecule has 0 radical (unpaired) electrons. The minimum absolute atomic E-state index is 0.0570. The maximum absolute atomic E-state index is 10.9. The second-order valence-corrected chi connectivity index (χ2v) is 2.60. The number of aliphatic carboxylic acids is 1. The van der Waals surface area contributed by atoms with Crippen LogP contribution in [-0.2, 0) is 9.59 Å². The summed E-state index contributed by atoms with van der Waals surface area (Å²) in [5.41, 5.74) is 0. The van der Waals surface area contributed by atoms with Gasteiger partial charge in [-0.15, -0.1) is 0 Å². The number of carbonyl (C=O) groups is 2. The number of carboxylic acids is 1. The van der Waals surface area contributed by atoms with Crippen LogP contribution in [0.3, 0.4) is 0 Å². The van der Waals surface area contributed by atoms with E-state index in [4.69, 9.17) is 5.11 Å². The first-order chi connectivity index (χ1) is 6.16. The second kappa shape index (κ2) is 7.54. The molecule has 0 aliphatic carbocycles. The van der Waals surface area contributed by atoms with E-state index in [2.05, 4.69) is 10.6 Å². The van der Waals surface area contributed by atoms with Crippen molar-refractivity contribution in [2.45, 2.75) is 19.8 Å². The Kier molecular flexibility index (Phi) is 6.91. The summed E-state index contributed by atoms with van der Waals surface area (Å²) in [6.07, 6.45) is -0.0471. The van der Waals surface area contributed by atoms with Gasteiger partial charge in [0, 0.05) is 19.5 Å². The Bertz CT molecular complexity index is 171. The zero-order chi connectivity index (χ0) is 10.1. The van der Waals surface area contributed by atoms with Crippen LogP contribution in [0.5, 0.6) is 0 Å². The van der Waals surface area contributed by atoms with Gasteiger partial charge in [0.15, 0.2) is 0 Å². The van der Waals surface area contributed by atoms with Crippen LogP contribution < -0.4 is 10.6 Å². The summed E-state index contributed by atoms with van der Waals surface area (Å²) in [5.74, 6) is -1.15. The molecular weight excluding hydrogens is 172 g/mol. The van der Waals surface area contributed by atoms with Crippen molar-refractivity contribution in [1.29, 1.82) is 0 Å². The van der Waals surface area contributed by atoms with Crippen LogP contribution in [0.15, 0.2) is 0 Å². The summed E-state index contributed by atoms with van der Waals surface area (Å²) in [4.78, 5) is 21.0. The Hall–Kier alpha value is -1.10. The van der Waals surface area contributed by atoms with E-state index in [1.807, 2.05) is 6.92 Å². The molecule has 0 aliphatic rings. The molecule has 0 aromatic carbocycles. The van der Waals surface area contributed by atoms with Crippen molar-refractivity contribution in [3.63, 3.8) is 0 Å². The van der Waals surface area contributed by atoms with E-state index in [0.29, 0.717) is 6.54 Å². The quantitative estimate of drug-likeness (QED) is 0.474. The molecule has 0 atom stereocenters. The molecule has 0 rings (SSSR count). The molecule has 0 aromatic rings. The molecule has 76 valence electrons. The number of amides is 1. The SMILES string of the molecule is CCNCCNC(=O)CCC(=O)O. The van der Waals surface area contributed by atoms with Crippen LogP contribution in [0.4, 0.5) is 0 Å². The maximum Gasteiger partial charge on any atom is 0.303 e. The average molecular weight is 188 g/mol. The second-order valence-electron chi connectivity index (χ2n) is 2.60. The molecule has 0 unspecified atom stereocenters. The highest BCUT2D eigenvalue weighted by Crippen LogP contribution is 1.87. The molecule has 13 heavy (non-hydrogen) atoms. The summed E-state index contributed by atoms with van der Waals surface area (Å²) >= 11 is 0. The molecule has 5 heteroatoms. The Balaban J connectivity index is 3.25. The van der Waals surface area contributed by atoms with E-state index in [1.54, 1.807) is 0 Å². The maximum atomic E-state index is 10.9. The zero-order valence-corrected chi connectivity index (χ0v) is 7.80. The number of hydrogen-bond acceptors (Lipinski definition) is 3. The number of nitrogens with one attached hydrogen (secondary N) is 2. The van der Waals surface area contributed by atoms with E-state index in [-0.39, 0.29) is 18.7 Å². The third kappa shape index (κ3) is 8.81. The van der Waals surface area contributed by atoms with Crippen LogP contribution in [0.25, 0.3) is 0 Å². The molecular formula is C8H16N2O3. The number of hydrogen-bond donors (Lipinski definition) is 3. The van der Waals surface area contributed by atoms with Crippen LogP contribution in [0, 0.1) is 0 Å². The van der Waals surface area contributed by atoms with E-state index in [1.165, 1.54) is 0 Å². The lowest BCUT2D eigenvalue weighted by atomic mass is 10.3. The molecule has 0 spiro atoms. The highest BCUT2D eigenvalue weighted by Gasteiger charge is 2.03. The van der Waals surface area contributed by atoms with E-state index < -0.39 is 5.97 Å². The predicted molar refractivity (Wildman–Crippen MR) is 48.4 cm³/mol. The monoisotopic (exact) mass is 188 g/mol. The van der Waals surface area contributed by atoms with Crippen molar-refractivity contribution in [2.24, 2.45) is 0 Å². The Morgan fingerprint density at radius 1 is 1.23 bits per heavy atom. The third-order valence-electron chi connectivity index (χ3n) is 1.44. The molecule has 0 saturated heterocycles. The van der Waals surface area contributed by atoms with Crippen molar-refractivity contribution >= 4 is 11.9 Å². The van der Waals surface area contributed by atoms with Gasteiger partial charge >= 0.3 is 5.97 Å². The summed E-state index contributed by atoms with van der Waals surface area (Å²) in [7, 11) is 0. The first-order valence-corrected chi connectivity index (χ1v) is 4.36. The summed E-state index contributed by atoms with van der Waals surface area (Å²) < 4.78 is 0. The van der Waals surface area contributed by atoms with E-state index in [9.17, 15) is 9.59 Å². The van der Waals surface area contributed by atoms with Crippen molar-refractivity contribution in [3.05, 3.63) is 0 Å². The molecule has 1 amide bonds. The van der Waals surface area contributed by atoms with Gasteiger partial charge in [-0.3, -0.25) is 9.59 Å². The fraction of sp³-hybridized carbons (Fsp3) is 0.750. The zero-order valence-electron chi connectivity index (χ0n) is 7.80. The van der Waals surface area contributed by atoms with Gasteiger partial charge in [0.1, 0.15) is 0 Å². The van der Waals surface area contributed by atoms with E-state index >= 15 is 0 Å². The molecule has 0 fully saturated rings. The summed E-state index contributed by atoms with van der Waals surface area (Å²) in [5, 5.41) is 13.9. The number of rotatable bonds is 7. The van der Waals surface area contributed by atoms with Gasteiger partial charge in [-0.2, -0.15) is 0 Å². The Morgan fingerprint density at radius 3 is 2.46 bits per heavy atom. The van der Waals surface area contributed by atoms with Gasteiger partial charge in [0.2, 0.25) is 5.91 Å². The van der Waals surface area contributed by atoms with Crippen molar-refractivity contribution in [3.8, 4) is 0 Å². The molecule has 0 aliphatic heterocycles. The summed E-state index contributed by atoms with van der Waals surface area (Å²) in [6.45, 7) is 4.11. The van der Waals surface area contributed by atoms with Gasteiger partial charge < -0.3 is 15.7 Å². The molecule has 0 heterocycles. The van der Waals surface area contributed by atoms with Crippen LogP contribution in [0.1, 0.15) is 19.8 Å². The van der Waals surface area contributed by atoms with Crippen molar-refractivity contribution in [1.82, 2.24) is 10.6 Å². The number of carboxylic acid groups (broad SMARTS) is 1. The minimum atomic E-state index is -0.943. The number of likely N-dealkylation sites (N-methyl/N-ethyl adjacent to an activating group) is 1.